The third kappa shape index (κ3) is 4.23. The molecule has 0 saturated heterocycles. The Balaban J connectivity index is 2.58. The van der Waals surface area contributed by atoms with Crippen LogP contribution < -0.4 is 4.72 Å². The molecule has 8 heteroatoms. The smallest absolute Gasteiger partial charge is 0.335 e. The van der Waals surface area contributed by atoms with E-state index in [1.54, 1.807) is 0 Å². The first-order valence-corrected chi connectivity index (χ1v) is 8.50. The van der Waals surface area contributed by atoms with Crippen LogP contribution in [0.2, 0.25) is 6.43 Å². The van der Waals surface area contributed by atoms with Gasteiger partial charge in [-0.3, -0.25) is 4.72 Å². The molecule has 1 aromatic carbocycles. The lowest BCUT2D eigenvalue weighted by Crippen LogP contribution is -2.34. The molecular weight excluding hydrogens is 345 g/mol. The lowest BCUT2D eigenvalue weighted by Gasteiger charge is -2.24. The molecule has 1 N–H and O–H groups in total. The van der Waals surface area contributed by atoms with E-state index in [4.69, 9.17) is 23.2 Å². The van der Waals surface area contributed by atoms with E-state index in [0.717, 1.165) is 18.2 Å². The van der Waals surface area contributed by atoms with Crippen molar-refractivity contribution in [1.29, 1.82) is 0 Å². The first kappa shape index (κ1) is 11.9. The Morgan fingerprint density at radius 3 is 3.00 bits per heavy atom. The number of esters is 1. The molecule has 126 valence electrons. The number of rotatable bonds is 5. The number of carbonyl (C=O) groups is 1. The topological polar surface area (TPSA) is 72.5 Å². The fourth-order valence-electron chi connectivity index (χ4n) is 1.91. The highest BCUT2D eigenvalue weighted by molar-refractivity contribution is 7.93. The monoisotopic (exact) mass is 366 g/mol. The largest absolute Gasteiger partial charge is 0.463 e. The maximum atomic E-state index is 13.2. The molecule has 5 nitrogen and oxygen atoms in total. The minimum Gasteiger partial charge on any atom is -0.463 e. The normalized spacial score (nSPS) is 25.8. The molecule has 0 radical (unpaired) electrons. The van der Waals surface area contributed by atoms with Gasteiger partial charge < -0.3 is 4.74 Å². The van der Waals surface area contributed by atoms with Crippen molar-refractivity contribution in [2.45, 2.75) is 31.3 Å². The zero-order chi connectivity index (χ0) is 21.5. The lowest BCUT2D eigenvalue weighted by atomic mass is 9.99. The number of halogens is 2. The molecule has 0 aromatic heterocycles. The molecule has 0 amide bonds. The lowest BCUT2D eigenvalue weighted by molar-refractivity contribution is -0.138. The molecule has 0 bridgehead atoms. The molecule has 1 aromatic rings. The number of hydrogen-bond donors (Lipinski definition) is 1. The van der Waals surface area contributed by atoms with Crippen LogP contribution in [0.25, 0.3) is 0 Å². The van der Waals surface area contributed by atoms with E-state index in [9.17, 15) is 17.6 Å². The number of carbonyl (C=O) groups excluding carboxylic acids is 1. The van der Waals surface area contributed by atoms with Crippen LogP contribution in [0.3, 0.4) is 0 Å². The molecule has 0 spiro atoms. The van der Waals surface area contributed by atoms with E-state index in [-0.39, 0.29) is 16.3 Å². The van der Waals surface area contributed by atoms with Crippen LogP contribution in [0, 0.1) is 5.82 Å². The Kier molecular flexibility index (Phi) is 3.77. The molecule has 0 heterocycles. The minimum absolute atomic E-state index is 0.0243. The van der Waals surface area contributed by atoms with E-state index in [1.165, 1.54) is 6.92 Å². The predicted octanol–water partition coefficient (Wildman–Crippen LogP) is 3.26. The molecular formula is C15H17ClFNO4S. The van der Waals surface area contributed by atoms with Gasteiger partial charge in [0.25, 0.3) is 0 Å². The van der Waals surface area contributed by atoms with Gasteiger partial charge in [0.1, 0.15) is 11.1 Å². The third-order valence-corrected chi connectivity index (χ3v) is 4.86. The van der Waals surface area contributed by atoms with Crippen molar-refractivity contribution in [3.05, 3.63) is 40.7 Å². The Bertz CT molecular complexity index is 925. The van der Waals surface area contributed by atoms with Crippen molar-refractivity contribution in [2.24, 2.45) is 0 Å². The van der Waals surface area contributed by atoms with E-state index in [2.05, 4.69) is 0 Å². The Labute approximate surface area is 146 Å². The number of ether oxygens (including phenoxy) is 1. The Morgan fingerprint density at radius 1 is 1.61 bits per heavy atom. The number of hydrogen-bond acceptors (Lipinski definition) is 4. The highest BCUT2D eigenvalue weighted by Gasteiger charge is 2.35. The van der Waals surface area contributed by atoms with Gasteiger partial charge in [0.05, 0.1) is 22.9 Å². The van der Waals surface area contributed by atoms with Gasteiger partial charge in [-0.05, 0) is 44.3 Å². The predicted molar refractivity (Wildman–Crippen MR) is 86.3 cm³/mol. The Morgan fingerprint density at radius 2 is 2.35 bits per heavy atom. The fourth-order valence-corrected chi connectivity index (χ4v) is 3.51. The molecule has 0 saturated carbocycles. The second kappa shape index (κ2) is 7.31. The zero-order valence-electron chi connectivity index (χ0n) is 17.0. The summed E-state index contributed by atoms with van der Waals surface area (Å²) in [4.78, 5) is 12.2. The van der Waals surface area contributed by atoms with Crippen LogP contribution in [0.5, 0.6) is 0 Å². The van der Waals surface area contributed by atoms with Crippen molar-refractivity contribution >= 4 is 33.3 Å². The number of allylic oxidation sites excluding steroid dienone is 1. The average molecular weight is 367 g/mol. The summed E-state index contributed by atoms with van der Waals surface area (Å²) in [6.07, 6.45) is -5.63. The number of anilines is 1. The maximum Gasteiger partial charge on any atom is 0.335 e. The second-order valence-electron chi connectivity index (χ2n) is 4.54. The summed E-state index contributed by atoms with van der Waals surface area (Å²) in [6, 6.07) is 2.64. The first-order chi connectivity index (χ1) is 12.7. The molecule has 1 atom stereocenters. The van der Waals surface area contributed by atoms with Gasteiger partial charge >= 0.3 is 5.97 Å². The van der Waals surface area contributed by atoms with E-state index < -0.39 is 57.5 Å². The first-order valence-electron chi connectivity index (χ1n) is 9.07. The summed E-state index contributed by atoms with van der Waals surface area (Å²) in [5.74, 6) is -1.89. The molecule has 0 aliphatic heterocycles. The molecule has 1 aliphatic rings. The van der Waals surface area contributed by atoms with Crippen molar-refractivity contribution in [3.8, 4) is 0 Å². The van der Waals surface area contributed by atoms with E-state index in [0.29, 0.717) is 6.08 Å². The second-order valence-corrected chi connectivity index (χ2v) is 6.72. The summed E-state index contributed by atoms with van der Waals surface area (Å²) in [6.45, 7) is 1.35. The standard InChI is InChI=1S/C15H17ClFNO4S/c1-2-22-15(19)11-5-3-4-6-14(11)23(20,21)18-13-8-7-10(17)9-12(13)16/h5,7-9,14,18H,2-4,6H2,1H3/t14-/m1/s1/i3D2,4D2/hD. The molecule has 0 unspecified atom stereocenters. The van der Waals surface area contributed by atoms with Crippen LogP contribution in [0.4, 0.5) is 10.1 Å². The minimum atomic E-state index is -4.77. The molecule has 0 fully saturated rings. The van der Waals surface area contributed by atoms with Crippen molar-refractivity contribution in [3.63, 3.8) is 0 Å². The summed E-state index contributed by atoms with van der Waals surface area (Å²) >= 11 is 5.81. The SMILES string of the molecule is [2H]N(c1ccc(F)cc1Cl)S(=O)(=O)[C@@H]1CC([2H])([2H])C([2H])([2H])C=C1C(=O)OCC. The van der Waals surface area contributed by atoms with Gasteiger partial charge in [-0.25, -0.2) is 17.6 Å². The number of nitrogens with one attached hydrogen (secondary N) is 1. The highest BCUT2D eigenvalue weighted by atomic mass is 35.5. The van der Waals surface area contributed by atoms with Crippen LogP contribution in [-0.4, -0.2) is 26.2 Å². The van der Waals surface area contributed by atoms with Crippen LogP contribution in [-0.2, 0) is 19.6 Å². The molecule has 23 heavy (non-hydrogen) atoms. The number of sulfonamides is 1. The highest BCUT2D eigenvalue weighted by Crippen LogP contribution is 2.30. The van der Waals surface area contributed by atoms with Crippen molar-refractivity contribution in [1.82, 2.24) is 0 Å². The van der Waals surface area contributed by atoms with Gasteiger partial charge in [-0.1, -0.05) is 17.7 Å². The van der Waals surface area contributed by atoms with Crippen LogP contribution in [0.1, 0.15) is 31.6 Å². The summed E-state index contributed by atoms with van der Waals surface area (Å²) in [5.41, 5.74) is -1.02. The quantitative estimate of drug-likeness (QED) is 0.812. The fraction of sp³-hybridized carbons (Fsp3) is 0.400. The molecule has 2 rings (SSSR count). The van der Waals surface area contributed by atoms with Crippen LogP contribution >= 0.6 is 11.6 Å². The van der Waals surface area contributed by atoms with Gasteiger partial charge in [-0.15, -0.1) is 0 Å². The number of benzene rings is 1. The van der Waals surface area contributed by atoms with E-state index >= 15 is 0 Å². The van der Waals surface area contributed by atoms with E-state index in [1.807, 2.05) is 0 Å². The van der Waals surface area contributed by atoms with Gasteiger partial charge in [0.2, 0.25) is 10.0 Å². The van der Waals surface area contributed by atoms with Crippen molar-refractivity contribution < 1.29 is 29.2 Å². The maximum absolute atomic E-state index is 13.2. The summed E-state index contributed by atoms with van der Waals surface area (Å²) < 4.78 is 83.2. The van der Waals surface area contributed by atoms with Crippen molar-refractivity contribution in [2.75, 3.05) is 11.3 Å². The van der Waals surface area contributed by atoms with Gasteiger partial charge in [0, 0.05) is 5.48 Å². The molecule has 1 aliphatic carbocycles. The summed E-state index contributed by atoms with van der Waals surface area (Å²) in [7, 11) is -4.77. The van der Waals surface area contributed by atoms with Crippen LogP contribution in [0.15, 0.2) is 29.8 Å². The average Bonchev–Trinajstić information content (AvgIpc) is 2.56. The summed E-state index contributed by atoms with van der Waals surface area (Å²) in [5, 5.41) is -2.28. The Hall–Kier alpha value is -1.60. The zero-order valence-corrected chi connectivity index (χ0v) is 13.6. The third-order valence-electron chi connectivity index (χ3n) is 2.97. The van der Waals surface area contributed by atoms with Gasteiger partial charge in [0.15, 0.2) is 1.41 Å². The van der Waals surface area contributed by atoms with Gasteiger partial charge in [-0.2, -0.15) is 0 Å².